The molecule has 1 aromatic heterocycles. The van der Waals surface area contributed by atoms with E-state index in [4.69, 9.17) is 0 Å². The molecule has 2 rings (SSSR count). The Morgan fingerprint density at radius 2 is 1.92 bits per heavy atom. The molecule has 0 aromatic carbocycles. The first-order valence-corrected chi connectivity index (χ1v) is 9.00. The van der Waals surface area contributed by atoms with Crippen molar-refractivity contribution in [3.63, 3.8) is 0 Å². The topological polar surface area (TPSA) is 71.4 Å². The van der Waals surface area contributed by atoms with E-state index in [0.717, 1.165) is 18.4 Å². The number of aromatic nitrogens is 1. The highest BCUT2D eigenvalue weighted by atomic mass is 16.2. The highest BCUT2D eigenvalue weighted by molar-refractivity contribution is 5.87. The Labute approximate surface area is 149 Å². The van der Waals surface area contributed by atoms with Crippen molar-refractivity contribution < 1.29 is 9.59 Å². The van der Waals surface area contributed by atoms with Gasteiger partial charge in [-0.15, -0.1) is 0 Å². The van der Waals surface area contributed by atoms with Crippen molar-refractivity contribution in [1.82, 2.24) is 14.8 Å². The van der Waals surface area contributed by atoms with Crippen LogP contribution in [-0.4, -0.2) is 40.4 Å². The zero-order valence-corrected chi connectivity index (χ0v) is 15.6. The largest absolute Gasteiger partial charge is 0.345 e. The fraction of sp³-hybridized carbons (Fsp3) is 0.632. The quantitative estimate of drug-likeness (QED) is 0.880. The van der Waals surface area contributed by atoms with E-state index in [2.05, 4.69) is 5.32 Å². The van der Waals surface area contributed by atoms with Crippen molar-refractivity contribution >= 4 is 11.8 Å². The summed E-state index contributed by atoms with van der Waals surface area (Å²) >= 11 is 0. The third kappa shape index (κ3) is 5.18. The summed E-state index contributed by atoms with van der Waals surface area (Å²) in [6.07, 6.45) is 4.12. The SMILES string of the molecule is CC(=O)N[C@@H](CC(C)C)C(=O)N1CCC(c2ccn(C)c(=O)c2)CC1. The average molecular weight is 347 g/mol. The summed E-state index contributed by atoms with van der Waals surface area (Å²) in [6, 6.07) is 3.24. The van der Waals surface area contributed by atoms with E-state index in [0.29, 0.717) is 31.3 Å². The van der Waals surface area contributed by atoms with Gasteiger partial charge in [0.15, 0.2) is 0 Å². The number of hydrogen-bond donors (Lipinski definition) is 1. The summed E-state index contributed by atoms with van der Waals surface area (Å²) in [6.45, 7) is 6.86. The first kappa shape index (κ1) is 19.2. The van der Waals surface area contributed by atoms with Gasteiger partial charge in [-0.25, -0.2) is 0 Å². The van der Waals surface area contributed by atoms with Crippen LogP contribution in [0.3, 0.4) is 0 Å². The number of nitrogens with zero attached hydrogens (tertiary/aromatic N) is 2. The Morgan fingerprint density at radius 3 is 2.44 bits per heavy atom. The van der Waals surface area contributed by atoms with Crippen LogP contribution in [0.1, 0.15) is 51.5 Å². The van der Waals surface area contributed by atoms with Crippen LogP contribution in [0.2, 0.25) is 0 Å². The summed E-state index contributed by atoms with van der Waals surface area (Å²) in [4.78, 5) is 37.8. The monoisotopic (exact) mass is 347 g/mol. The zero-order chi connectivity index (χ0) is 18.6. The number of nitrogens with one attached hydrogen (secondary N) is 1. The third-order valence-corrected chi connectivity index (χ3v) is 4.79. The van der Waals surface area contributed by atoms with Crippen LogP contribution in [0.15, 0.2) is 23.1 Å². The summed E-state index contributed by atoms with van der Waals surface area (Å²) in [5.41, 5.74) is 1.05. The number of hydrogen-bond acceptors (Lipinski definition) is 3. The van der Waals surface area contributed by atoms with Crippen molar-refractivity contribution in [3.05, 3.63) is 34.2 Å². The van der Waals surface area contributed by atoms with Crippen LogP contribution in [0.4, 0.5) is 0 Å². The standard InChI is InChI=1S/C19H29N3O3/c1-13(2)11-17(20-14(3)23)19(25)22-9-6-15(7-10-22)16-5-8-21(4)18(24)12-16/h5,8,12-13,15,17H,6-7,9-11H2,1-4H3,(H,20,23)/t17-/m0/s1. The van der Waals surface area contributed by atoms with Crippen molar-refractivity contribution in [2.24, 2.45) is 13.0 Å². The summed E-state index contributed by atoms with van der Waals surface area (Å²) < 4.78 is 1.56. The summed E-state index contributed by atoms with van der Waals surface area (Å²) in [5, 5.41) is 2.79. The Bertz CT molecular complexity index is 673. The average Bonchev–Trinajstić information content (AvgIpc) is 2.55. The summed E-state index contributed by atoms with van der Waals surface area (Å²) in [5.74, 6) is 0.474. The summed E-state index contributed by atoms with van der Waals surface area (Å²) in [7, 11) is 1.74. The molecule has 2 amide bonds. The number of likely N-dealkylation sites (tertiary alicyclic amines) is 1. The van der Waals surface area contributed by atoms with Gasteiger partial charge in [-0.3, -0.25) is 14.4 Å². The Hall–Kier alpha value is -2.11. The van der Waals surface area contributed by atoms with E-state index in [-0.39, 0.29) is 17.4 Å². The normalized spacial score (nSPS) is 16.8. The highest BCUT2D eigenvalue weighted by Crippen LogP contribution is 2.27. The lowest BCUT2D eigenvalue weighted by atomic mass is 9.89. The molecule has 0 unspecified atom stereocenters. The maximum absolute atomic E-state index is 12.8. The molecule has 1 N–H and O–H groups in total. The lowest BCUT2D eigenvalue weighted by Crippen LogP contribution is -2.50. The molecule has 6 heteroatoms. The second-order valence-electron chi connectivity index (χ2n) is 7.39. The molecular weight excluding hydrogens is 318 g/mol. The van der Waals surface area contributed by atoms with E-state index in [1.165, 1.54) is 6.92 Å². The van der Waals surface area contributed by atoms with E-state index in [1.807, 2.05) is 24.8 Å². The third-order valence-electron chi connectivity index (χ3n) is 4.79. The maximum atomic E-state index is 12.8. The number of piperidine rings is 1. The molecule has 1 aliphatic rings. The number of carbonyl (C=O) groups is 2. The Balaban J connectivity index is 1.99. The van der Waals surface area contributed by atoms with Gasteiger partial charge in [0.1, 0.15) is 6.04 Å². The van der Waals surface area contributed by atoms with E-state index >= 15 is 0 Å². The number of carbonyl (C=O) groups excluding carboxylic acids is 2. The van der Waals surface area contributed by atoms with Gasteiger partial charge < -0.3 is 14.8 Å². The minimum atomic E-state index is -0.446. The van der Waals surface area contributed by atoms with Gasteiger partial charge in [-0.2, -0.15) is 0 Å². The first-order valence-electron chi connectivity index (χ1n) is 9.00. The molecule has 0 spiro atoms. The van der Waals surface area contributed by atoms with Crippen molar-refractivity contribution in [3.8, 4) is 0 Å². The van der Waals surface area contributed by atoms with Gasteiger partial charge in [-0.1, -0.05) is 13.8 Å². The number of rotatable bonds is 5. The van der Waals surface area contributed by atoms with Gasteiger partial charge in [0.25, 0.3) is 5.56 Å². The van der Waals surface area contributed by atoms with E-state index in [1.54, 1.807) is 23.9 Å². The number of pyridine rings is 1. The lowest BCUT2D eigenvalue weighted by Gasteiger charge is -2.35. The molecule has 1 atom stereocenters. The van der Waals surface area contributed by atoms with Crippen molar-refractivity contribution in [1.29, 1.82) is 0 Å². The minimum Gasteiger partial charge on any atom is -0.345 e. The van der Waals surface area contributed by atoms with Crippen molar-refractivity contribution in [2.45, 2.75) is 52.0 Å². The number of aryl methyl sites for hydroxylation is 1. The Morgan fingerprint density at radius 1 is 1.28 bits per heavy atom. The molecule has 25 heavy (non-hydrogen) atoms. The predicted molar refractivity (Wildman–Crippen MR) is 97.3 cm³/mol. The van der Waals surface area contributed by atoms with E-state index in [9.17, 15) is 14.4 Å². The smallest absolute Gasteiger partial charge is 0.250 e. The fourth-order valence-electron chi connectivity index (χ4n) is 3.41. The van der Waals surface area contributed by atoms with Crippen LogP contribution in [0.25, 0.3) is 0 Å². The molecule has 0 saturated carbocycles. The van der Waals surface area contributed by atoms with Crippen LogP contribution >= 0.6 is 0 Å². The maximum Gasteiger partial charge on any atom is 0.250 e. The molecule has 0 bridgehead atoms. The molecular formula is C19H29N3O3. The molecule has 1 aromatic rings. The van der Waals surface area contributed by atoms with Gasteiger partial charge in [0.2, 0.25) is 11.8 Å². The van der Waals surface area contributed by atoms with E-state index < -0.39 is 6.04 Å². The second kappa shape index (κ2) is 8.32. The molecule has 1 saturated heterocycles. The molecule has 0 aliphatic carbocycles. The predicted octanol–water partition coefficient (Wildman–Crippen LogP) is 1.64. The fourth-order valence-corrected chi connectivity index (χ4v) is 3.41. The molecule has 1 fully saturated rings. The molecule has 2 heterocycles. The van der Waals surface area contributed by atoms with Gasteiger partial charge in [-0.05, 0) is 42.7 Å². The Kier molecular flexibility index (Phi) is 6.39. The highest BCUT2D eigenvalue weighted by Gasteiger charge is 2.29. The molecule has 6 nitrogen and oxygen atoms in total. The van der Waals surface area contributed by atoms with Crippen LogP contribution in [-0.2, 0) is 16.6 Å². The lowest BCUT2D eigenvalue weighted by molar-refractivity contribution is -0.137. The van der Waals surface area contributed by atoms with Crippen LogP contribution in [0, 0.1) is 5.92 Å². The van der Waals surface area contributed by atoms with Crippen molar-refractivity contribution in [2.75, 3.05) is 13.1 Å². The molecule has 138 valence electrons. The zero-order valence-electron chi connectivity index (χ0n) is 15.6. The molecule has 1 aliphatic heterocycles. The van der Waals surface area contributed by atoms with Crippen LogP contribution < -0.4 is 10.9 Å². The van der Waals surface area contributed by atoms with Gasteiger partial charge in [0, 0.05) is 39.3 Å². The van der Waals surface area contributed by atoms with Gasteiger partial charge >= 0.3 is 0 Å². The van der Waals surface area contributed by atoms with Gasteiger partial charge in [0.05, 0.1) is 0 Å². The van der Waals surface area contributed by atoms with Crippen LogP contribution in [0.5, 0.6) is 0 Å². The second-order valence-corrected chi connectivity index (χ2v) is 7.39. The minimum absolute atomic E-state index is 0.00124. The number of amides is 2. The molecule has 0 radical (unpaired) electrons. The first-order chi connectivity index (χ1) is 11.8.